The Labute approximate surface area is 124 Å². The van der Waals surface area contributed by atoms with Gasteiger partial charge in [-0.15, -0.1) is 20.5 Å². The highest BCUT2D eigenvalue weighted by Gasteiger charge is 2.43. The largest absolute Gasteiger partial charge is 0.586 e. The Hall–Kier alpha value is -1.95. The first kappa shape index (κ1) is 12.8. The number of benzene rings is 2. The van der Waals surface area contributed by atoms with Crippen molar-refractivity contribution in [3.8, 4) is 11.5 Å². The summed E-state index contributed by atoms with van der Waals surface area (Å²) in [4.78, 5) is 1.25. The highest BCUT2D eigenvalue weighted by atomic mass is 32.2. The second-order valence-electron chi connectivity index (χ2n) is 4.87. The van der Waals surface area contributed by atoms with Crippen LogP contribution in [0.4, 0.5) is 14.5 Å². The van der Waals surface area contributed by atoms with Crippen molar-refractivity contribution in [2.45, 2.75) is 17.2 Å². The standard InChI is InChI=1S/C15H11F2NO2S/c16-15(17)19-12-6-5-9(7-13(12)20-15)18-11-8-21-14-4-2-1-3-10(11)14/h1-7,11,18H,8H2. The third-order valence-electron chi connectivity index (χ3n) is 3.44. The van der Waals surface area contributed by atoms with E-state index in [1.54, 1.807) is 23.9 Å². The van der Waals surface area contributed by atoms with E-state index in [0.29, 0.717) is 0 Å². The van der Waals surface area contributed by atoms with Crippen LogP contribution in [0, 0.1) is 0 Å². The minimum atomic E-state index is -3.57. The number of ether oxygens (including phenoxy) is 2. The molecule has 2 aliphatic heterocycles. The summed E-state index contributed by atoms with van der Waals surface area (Å²) in [6.07, 6.45) is -3.57. The Kier molecular flexibility index (Phi) is 2.75. The van der Waals surface area contributed by atoms with Crippen LogP contribution in [0.5, 0.6) is 11.5 Å². The molecule has 0 bridgehead atoms. The van der Waals surface area contributed by atoms with Gasteiger partial charge in [-0.25, -0.2) is 0 Å². The third-order valence-corrected chi connectivity index (χ3v) is 4.62. The number of hydrogen-bond acceptors (Lipinski definition) is 4. The summed E-state index contributed by atoms with van der Waals surface area (Å²) >= 11 is 1.78. The number of hydrogen-bond donors (Lipinski definition) is 1. The van der Waals surface area contributed by atoms with E-state index < -0.39 is 6.29 Å². The van der Waals surface area contributed by atoms with Gasteiger partial charge in [0.25, 0.3) is 0 Å². The van der Waals surface area contributed by atoms with Crippen molar-refractivity contribution in [3.05, 3.63) is 48.0 Å². The van der Waals surface area contributed by atoms with Gasteiger partial charge in [0.15, 0.2) is 11.5 Å². The second-order valence-corrected chi connectivity index (χ2v) is 5.94. The van der Waals surface area contributed by atoms with Crippen LogP contribution in [-0.4, -0.2) is 12.0 Å². The molecule has 2 aliphatic rings. The van der Waals surface area contributed by atoms with Gasteiger partial charge >= 0.3 is 6.29 Å². The molecule has 0 radical (unpaired) electrons. The molecule has 0 aromatic heterocycles. The molecular weight excluding hydrogens is 296 g/mol. The van der Waals surface area contributed by atoms with E-state index in [2.05, 4.69) is 26.9 Å². The number of nitrogens with one attached hydrogen (secondary N) is 1. The summed E-state index contributed by atoms with van der Waals surface area (Å²) in [7, 11) is 0. The van der Waals surface area contributed by atoms with Gasteiger partial charge in [0, 0.05) is 22.4 Å². The van der Waals surface area contributed by atoms with Crippen molar-refractivity contribution >= 4 is 17.4 Å². The summed E-state index contributed by atoms with van der Waals surface area (Å²) in [5, 5.41) is 3.35. The number of rotatable bonds is 2. The van der Waals surface area contributed by atoms with Crippen molar-refractivity contribution in [2.75, 3.05) is 11.1 Å². The molecule has 1 N–H and O–H groups in total. The van der Waals surface area contributed by atoms with Crippen LogP contribution >= 0.6 is 11.8 Å². The monoisotopic (exact) mass is 307 g/mol. The first-order valence-electron chi connectivity index (χ1n) is 6.49. The topological polar surface area (TPSA) is 30.5 Å². The summed E-state index contributed by atoms with van der Waals surface area (Å²) in [5.41, 5.74) is 1.96. The van der Waals surface area contributed by atoms with Crippen molar-refractivity contribution in [3.63, 3.8) is 0 Å². The summed E-state index contributed by atoms with van der Waals surface area (Å²) < 4.78 is 34.9. The van der Waals surface area contributed by atoms with Gasteiger partial charge in [0.05, 0.1) is 6.04 Å². The number of halogens is 2. The molecule has 2 heterocycles. The molecule has 0 spiro atoms. The summed E-state index contributed by atoms with van der Waals surface area (Å²) in [5.74, 6) is 1.03. The molecule has 2 aromatic rings. The Morgan fingerprint density at radius 1 is 1.10 bits per heavy atom. The van der Waals surface area contributed by atoms with Crippen LogP contribution in [0.15, 0.2) is 47.4 Å². The lowest BCUT2D eigenvalue weighted by atomic mass is 10.1. The minimum absolute atomic E-state index is 0.0592. The zero-order chi connectivity index (χ0) is 14.4. The average Bonchev–Trinajstić information content (AvgIpc) is 2.98. The van der Waals surface area contributed by atoms with Crippen LogP contribution in [-0.2, 0) is 0 Å². The molecule has 0 amide bonds. The zero-order valence-corrected chi connectivity index (χ0v) is 11.6. The van der Waals surface area contributed by atoms with E-state index in [0.717, 1.165) is 11.4 Å². The number of anilines is 1. The van der Waals surface area contributed by atoms with Gasteiger partial charge in [0.2, 0.25) is 0 Å². The van der Waals surface area contributed by atoms with Gasteiger partial charge in [-0.3, -0.25) is 0 Å². The molecule has 0 fully saturated rings. The molecule has 1 unspecified atom stereocenters. The van der Waals surface area contributed by atoms with E-state index in [1.165, 1.54) is 16.5 Å². The van der Waals surface area contributed by atoms with Gasteiger partial charge in [0.1, 0.15) is 0 Å². The lowest BCUT2D eigenvalue weighted by molar-refractivity contribution is -0.286. The van der Waals surface area contributed by atoms with Crippen molar-refractivity contribution < 1.29 is 18.3 Å². The van der Waals surface area contributed by atoms with E-state index >= 15 is 0 Å². The Morgan fingerprint density at radius 3 is 2.81 bits per heavy atom. The van der Waals surface area contributed by atoms with Gasteiger partial charge < -0.3 is 14.8 Å². The van der Waals surface area contributed by atoms with E-state index in [1.807, 2.05) is 12.1 Å². The maximum Gasteiger partial charge on any atom is 0.586 e. The first-order chi connectivity index (χ1) is 10.1. The predicted octanol–water partition coefficient (Wildman–Crippen LogP) is 4.27. The Balaban J connectivity index is 1.57. The SMILES string of the molecule is FC1(F)Oc2ccc(NC3CSc4ccccc43)cc2O1. The van der Waals surface area contributed by atoms with E-state index in [4.69, 9.17) is 0 Å². The molecule has 0 saturated heterocycles. The quantitative estimate of drug-likeness (QED) is 0.897. The number of thioether (sulfide) groups is 1. The molecule has 4 rings (SSSR count). The smallest absolute Gasteiger partial charge is 0.395 e. The van der Waals surface area contributed by atoms with Gasteiger partial charge in [-0.1, -0.05) is 18.2 Å². The molecule has 108 valence electrons. The Bertz CT molecular complexity index is 708. The number of alkyl halides is 2. The minimum Gasteiger partial charge on any atom is -0.395 e. The average molecular weight is 307 g/mol. The van der Waals surface area contributed by atoms with Crippen molar-refractivity contribution in [1.82, 2.24) is 0 Å². The van der Waals surface area contributed by atoms with Crippen LogP contribution < -0.4 is 14.8 Å². The predicted molar refractivity (Wildman–Crippen MR) is 76.2 cm³/mol. The molecule has 21 heavy (non-hydrogen) atoms. The molecule has 0 aliphatic carbocycles. The Morgan fingerprint density at radius 2 is 1.90 bits per heavy atom. The summed E-state index contributed by atoms with van der Waals surface area (Å²) in [6, 6.07) is 13.1. The van der Waals surface area contributed by atoms with Crippen molar-refractivity contribution in [2.24, 2.45) is 0 Å². The fourth-order valence-electron chi connectivity index (χ4n) is 2.52. The van der Waals surface area contributed by atoms with E-state index in [-0.39, 0.29) is 17.5 Å². The first-order valence-corrected chi connectivity index (χ1v) is 7.47. The third kappa shape index (κ3) is 2.29. The molecule has 6 heteroatoms. The zero-order valence-electron chi connectivity index (χ0n) is 10.8. The van der Waals surface area contributed by atoms with Crippen LogP contribution in [0.1, 0.15) is 11.6 Å². The van der Waals surface area contributed by atoms with Crippen LogP contribution in [0.3, 0.4) is 0 Å². The molecule has 0 saturated carbocycles. The second kappa shape index (κ2) is 4.53. The molecule has 1 atom stereocenters. The summed E-state index contributed by atoms with van der Waals surface area (Å²) in [6.45, 7) is 0. The maximum absolute atomic E-state index is 13.0. The van der Waals surface area contributed by atoms with Crippen molar-refractivity contribution in [1.29, 1.82) is 0 Å². The van der Waals surface area contributed by atoms with Crippen LogP contribution in [0.25, 0.3) is 0 Å². The molecule has 3 nitrogen and oxygen atoms in total. The highest BCUT2D eigenvalue weighted by molar-refractivity contribution is 7.99. The van der Waals surface area contributed by atoms with Gasteiger partial charge in [-0.2, -0.15) is 0 Å². The number of fused-ring (bicyclic) bond motifs is 2. The molecule has 2 aromatic carbocycles. The van der Waals surface area contributed by atoms with Crippen LogP contribution in [0.2, 0.25) is 0 Å². The normalized spacial score (nSPS) is 21.1. The lowest BCUT2D eigenvalue weighted by Crippen LogP contribution is -2.25. The van der Waals surface area contributed by atoms with E-state index in [9.17, 15) is 8.78 Å². The lowest BCUT2D eigenvalue weighted by Gasteiger charge is -2.15. The van der Waals surface area contributed by atoms with Gasteiger partial charge in [-0.05, 0) is 23.8 Å². The maximum atomic E-state index is 13.0. The fourth-order valence-corrected chi connectivity index (χ4v) is 3.68. The highest BCUT2D eigenvalue weighted by Crippen LogP contribution is 2.44. The molecular formula is C15H11F2NO2S. The fraction of sp³-hybridized carbons (Fsp3) is 0.200.